The van der Waals surface area contributed by atoms with Crippen LogP contribution in [-0.2, 0) is 0 Å². The van der Waals surface area contributed by atoms with Crippen molar-refractivity contribution in [1.29, 1.82) is 0 Å². The van der Waals surface area contributed by atoms with Gasteiger partial charge in [0.15, 0.2) is 0 Å². The lowest BCUT2D eigenvalue weighted by Gasteiger charge is -2.27. The highest BCUT2D eigenvalue weighted by atomic mass is 19.1. The molecule has 0 spiro atoms. The molecule has 0 aromatic heterocycles. The Hall–Kier alpha value is -2.58. The first kappa shape index (κ1) is 20.2. The molecule has 148 valence electrons. The van der Waals surface area contributed by atoms with Crippen molar-refractivity contribution in [1.82, 2.24) is 10.2 Å². The molecule has 0 saturated carbocycles. The zero-order valence-electron chi connectivity index (χ0n) is 16.7. The molecule has 0 bridgehead atoms. The highest BCUT2D eigenvalue weighted by Crippen LogP contribution is 2.34. The molecule has 1 atom stereocenters. The van der Waals surface area contributed by atoms with E-state index >= 15 is 0 Å². The first-order valence-corrected chi connectivity index (χ1v) is 9.79. The largest absolute Gasteiger partial charge is 0.415 e. The van der Waals surface area contributed by atoms with Crippen LogP contribution in [0, 0.1) is 18.2 Å². The molecule has 4 nitrogen and oxygen atoms in total. The van der Waals surface area contributed by atoms with Gasteiger partial charge in [-0.05, 0) is 54.5 Å². The number of carbonyl (C=O) groups excluding carboxylic acids is 1. The Bertz CT molecular complexity index is 911. The third-order valence-electron chi connectivity index (χ3n) is 5.26. The summed E-state index contributed by atoms with van der Waals surface area (Å²) in [7, 11) is 1.74. The van der Waals surface area contributed by atoms with Gasteiger partial charge in [-0.25, -0.2) is 9.18 Å². The van der Waals surface area contributed by atoms with E-state index in [2.05, 4.69) is 11.2 Å². The van der Waals surface area contributed by atoms with Crippen LogP contribution >= 0.6 is 0 Å². The lowest BCUT2D eigenvalue weighted by molar-refractivity contribution is 0.155. The number of fused-ring (bicyclic) bond motifs is 1. The number of likely N-dealkylation sites (N-methyl/N-ethyl adjacent to an activating group) is 1. The van der Waals surface area contributed by atoms with Gasteiger partial charge in [-0.2, -0.15) is 0 Å². The van der Waals surface area contributed by atoms with Crippen molar-refractivity contribution < 1.29 is 13.9 Å². The number of piperidine rings is 1. The Labute approximate surface area is 166 Å². The minimum atomic E-state index is -0.415. The summed E-state index contributed by atoms with van der Waals surface area (Å²) >= 11 is 0. The summed E-state index contributed by atoms with van der Waals surface area (Å²) in [6.45, 7) is 5.61. The normalized spacial score (nSPS) is 16.8. The maximum Gasteiger partial charge on any atom is 0.415 e. The number of hydrogen-bond donors (Lipinski definition) is 1. The van der Waals surface area contributed by atoms with Gasteiger partial charge < -0.3 is 15.0 Å². The Morgan fingerprint density at radius 1 is 1.39 bits per heavy atom. The average molecular weight is 382 g/mol. The van der Waals surface area contributed by atoms with Crippen molar-refractivity contribution in [3.63, 3.8) is 0 Å². The molecule has 1 N–H and O–H groups in total. The van der Waals surface area contributed by atoms with Crippen LogP contribution in [0.1, 0.15) is 50.2 Å². The lowest BCUT2D eigenvalue weighted by atomic mass is 9.92. The second kappa shape index (κ2) is 8.62. The van der Waals surface area contributed by atoms with Gasteiger partial charge in [0.05, 0.1) is 5.56 Å². The van der Waals surface area contributed by atoms with Crippen molar-refractivity contribution in [3.8, 4) is 18.1 Å². The molecule has 1 aliphatic heterocycles. The third kappa shape index (κ3) is 4.28. The monoisotopic (exact) mass is 382 g/mol. The second-order valence-corrected chi connectivity index (χ2v) is 7.73. The molecule has 1 amide bonds. The van der Waals surface area contributed by atoms with E-state index in [1.807, 2.05) is 13.8 Å². The van der Waals surface area contributed by atoms with Crippen LogP contribution in [0.3, 0.4) is 0 Å². The SMILES string of the molecule is C#Cc1c(F)ccc2cc(OC(=O)N(C)C[C@@H]3CCCCN3)cc(C(C)C)c12. The summed E-state index contributed by atoms with van der Waals surface area (Å²) in [5, 5.41) is 4.90. The van der Waals surface area contributed by atoms with E-state index in [0.717, 1.165) is 23.9 Å². The smallest absolute Gasteiger partial charge is 0.410 e. The van der Waals surface area contributed by atoms with Crippen LogP contribution < -0.4 is 10.1 Å². The molecule has 1 heterocycles. The predicted octanol–water partition coefficient (Wildman–Crippen LogP) is 4.66. The van der Waals surface area contributed by atoms with Crippen molar-refractivity contribution in [2.45, 2.75) is 45.1 Å². The van der Waals surface area contributed by atoms with Gasteiger partial charge >= 0.3 is 6.09 Å². The number of terminal acetylenes is 1. The number of ether oxygens (including phenoxy) is 1. The van der Waals surface area contributed by atoms with Crippen molar-refractivity contribution in [2.24, 2.45) is 0 Å². The van der Waals surface area contributed by atoms with Gasteiger partial charge in [-0.1, -0.05) is 32.3 Å². The van der Waals surface area contributed by atoms with Gasteiger partial charge in [0, 0.05) is 25.0 Å². The fraction of sp³-hybridized carbons (Fsp3) is 0.435. The standard InChI is InChI=1S/C23H27FN2O2/c1-5-19-21(24)10-9-16-12-18(13-20(15(2)3)22(16)19)28-23(27)26(4)14-17-8-6-7-11-25-17/h1,9-10,12-13,15,17,25H,6-8,11,14H2,2-4H3/t17-/m0/s1. The quantitative estimate of drug-likeness (QED) is 0.782. The number of amides is 1. The lowest BCUT2D eigenvalue weighted by Crippen LogP contribution is -2.45. The van der Waals surface area contributed by atoms with Crippen LogP contribution in [0.25, 0.3) is 10.8 Å². The number of nitrogens with zero attached hydrogens (tertiary/aromatic N) is 1. The van der Waals surface area contributed by atoms with Crippen LogP contribution in [0.5, 0.6) is 5.75 Å². The molecule has 1 aliphatic rings. The number of halogens is 1. The van der Waals surface area contributed by atoms with Crippen LogP contribution in [0.15, 0.2) is 24.3 Å². The van der Waals surface area contributed by atoms with Crippen molar-refractivity contribution in [3.05, 3.63) is 41.2 Å². The van der Waals surface area contributed by atoms with E-state index in [4.69, 9.17) is 11.2 Å². The number of rotatable bonds is 4. The topological polar surface area (TPSA) is 41.6 Å². The first-order valence-electron chi connectivity index (χ1n) is 9.79. The summed E-state index contributed by atoms with van der Waals surface area (Å²) in [5.74, 6) is 2.58. The van der Waals surface area contributed by atoms with E-state index in [9.17, 15) is 9.18 Å². The van der Waals surface area contributed by atoms with E-state index in [0.29, 0.717) is 23.7 Å². The highest BCUT2D eigenvalue weighted by Gasteiger charge is 2.20. The molecule has 1 saturated heterocycles. The summed E-state index contributed by atoms with van der Waals surface area (Å²) in [6.07, 6.45) is 8.56. The summed E-state index contributed by atoms with van der Waals surface area (Å²) in [4.78, 5) is 14.2. The van der Waals surface area contributed by atoms with Crippen molar-refractivity contribution in [2.75, 3.05) is 20.1 Å². The van der Waals surface area contributed by atoms with Gasteiger partial charge in [0.2, 0.25) is 0 Å². The molecule has 1 fully saturated rings. The molecule has 5 heteroatoms. The molecular weight excluding hydrogens is 355 g/mol. The fourth-order valence-corrected chi connectivity index (χ4v) is 3.76. The molecule has 2 aromatic rings. The van der Waals surface area contributed by atoms with E-state index < -0.39 is 11.9 Å². The Morgan fingerprint density at radius 3 is 2.82 bits per heavy atom. The number of benzene rings is 2. The maximum atomic E-state index is 14.2. The Kier molecular flexibility index (Phi) is 6.21. The molecular formula is C23H27FN2O2. The third-order valence-corrected chi connectivity index (χ3v) is 5.26. The molecule has 3 rings (SSSR count). The van der Waals surface area contributed by atoms with Gasteiger partial charge in [-0.15, -0.1) is 6.42 Å². The maximum absolute atomic E-state index is 14.2. The molecule has 0 unspecified atom stereocenters. The summed E-state index contributed by atoms with van der Waals surface area (Å²) < 4.78 is 19.8. The van der Waals surface area contributed by atoms with E-state index in [1.165, 1.54) is 18.9 Å². The number of carbonyl (C=O) groups is 1. The van der Waals surface area contributed by atoms with E-state index in [-0.39, 0.29) is 11.5 Å². The van der Waals surface area contributed by atoms with Crippen molar-refractivity contribution >= 4 is 16.9 Å². The predicted molar refractivity (Wildman–Crippen MR) is 110 cm³/mol. The fourth-order valence-electron chi connectivity index (χ4n) is 3.76. The minimum Gasteiger partial charge on any atom is -0.410 e. The van der Waals surface area contributed by atoms with Crippen LogP contribution in [0.2, 0.25) is 0 Å². The van der Waals surface area contributed by atoms with Gasteiger partial charge in [-0.3, -0.25) is 0 Å². The number of hydrogen-bond acceptors (Lipinski definition) is 3. The molecule has 28 heavy (non-hydrogen) atoms. The summed E-state index contributed by atoms with van der Waals surface area (Å²) in [6, 6.07) is 6.86. The first-order chi connectivity index (χ1) is 13.4. The minimum absolute atomic E-state index is 0.0965. The van der Waals surface area contributed by atoms with Crippen LogP contribution in [-0.4, -0.2) is 37.2 Å². The molecule has 0 aliphatic carbocycles. The zero-order valence-corrected chi connectivity index (χ0v) is 16.7. The molecule has 0 radical (unpaired) electrons. The second-order valence-electron chi connectivity index (χ2n) is 7.73. The average Bonchev–Trinajstić information content (AvgIpc) is 2.68. The number of nitrogens with one attached hydrogen (secondary N) is 1. The highest BCUT2D eigenvalue weighted by molar-refractivity contribution is 5.93. The van der Waals surface area contributed by atoms with Gasteiger partial charge in [0.25, 0.3) is 0 Å². The van der Waals surface area contributed by atoms with Crippen LogP contribution in [0.4, 0.5) is 9.18 Å². The van der Waals surface area contributed by atoms with Gasteiger partial charge in [0.1, 0.15) is 11.6 Å². The Morgan fingerprint density at radius 2 is 2.18 bits per heavy atom. The zero-order chi connectivity index (χ0) is 20.3. The molecule has 2 aromatic carbocycles. The van der Waals surface area contributed by atoms with E-state index in [1.54, 1.807) is 30.1 Å². The summed E-state index contributed by atoms with van der Waals surface area (Å²) in [5.41, 5.74) is 1.11. The Balaban J connectivity index is 1.86.